The first kappa shape index (κ1) is 12.6. The summed E-state index contributed by atoms with van der Waals surface area (Å²) in [5.74, 6) is 0.991. The molecule has 0 unspecified atom stereocenters. The Morgan fingerprint density at radius 1 is 1.26 bits per heavy atom. The molecule has 0 spiro atoms. The molecule has 5 nitrogen and oxygen atoms in total. The van der Waals surface area contributed by atoms with Crippen LogP contribution in [0.4, 0.5) is 0 Å². The van der Waals surface area contributed by atoms with Crippen LogP contribution in [0.5, 0.6) is 0 Å². The van der Waals surface area contributed by atoms with E-state index >= 15 is 0 Å². The summed E-state index contributed by atoms with van der Waals surface area (Å²) >= 11 is 4.53. The fourth-order valence-electron chi connectivity index (χ4n) is 2.86. The molecule has 0 atom stereocenters. The van der Waals surface area contributed by atoms with Gasteiger partial charge in [-0.05, 0) is 30.8 Å². The molecule has 1 aliphatic carbocycles. The standard InChI is InChI=1S/C13H17N5S/c1-17-12(11-9-14-7-8-15-11)18(13(19)16-17)10-5-3-2-4-6-10/h7-10H,2-6H2,1H3/p+1. The number of aryl methyl sites for hydroxylation is 1. The lowest BCUT2D eigenvalue weighted by molar-refractivity contribution is -0.720. The summed E-state index contributed by atoms with van der Waals surface area (Å²) in [5.41, 5.74) is 0.850. The van der Waals surface area contributed by atoms with Gasteiger partial charge in [0.1, 0.15) is 13.1 Å². The van der Waals surface area contributed by atoms with Crippen LogP contribution in [-0.4, -0.2) is 19.6 Å². The number of hydrogen-bond acceptors (Lipinski definition) is 4. The van der Waals surface area contributed by atoms with E-state index in [1.807, 2.05) is 11.7 Å². The zero-order valence-corrected chi connectivity index (χ0v) is 11.9. The van der Waals surface area contributed by atoms with Gasteiger partial charge in [0.25, 0.3) is 5.16 Å². The molecule has 0 amide bonds. The van der Waals surface area contributed by atoms with Crippen LogP contribution in [0.1, 0.15) is 38.1 Å². The molecule has 2 aromatic heterocycles. The summed E-state index contributed by atoms with van der Waals surface area (Å²) in [5, 5.41) is 5.20. The molecule has 0 radical (unpaired) electrons. The van der Waals surface area contributed by atoms with Gasteiger partial charge in [0.15, 0.2) is 5.69 Å². The van der Waals surface area contributed by atoms with Crippen molar-refractivity contribution < 1.29 is 4.68 Å². The molecule has 2 heterocycles. The molecular formula is C13H18N5S+. The van der Waals surface area contributed by atoms with Crippen molar-refractivity contribution in [2.45, 2.75) is 43.3 Å². The Morgan fingerprint density at radius 3 is 2.74 bits per heavy atom. The molecule has 19 heavy (non-hydrogen) atoms. The highest BCUT2D eigenvalue weighted by atomic mass is 32.1. The zero-order valence-electron chi connectivity index (χ0n) is 11.0. The number of thiol groups is 1. The molecule has 1 fully saturated rings. The second kappa shape index (κ2) is 5.28. The average Bonchev–Trinajstić information content (AvgIpc) is 2.75. The monoisotopic (exact) mass is 276 g/mol. The van der Waals surface area contributed by atoms with E-state index in [4.69, 9.17) is 0 Å². The molecule has 0 aliphatic heterocycles. The third-order valence-electron chi connectivity index (χ3n) is 3.72. The first-order chi connectivity index (χ1) is 9.27. The minimum Gasteiger partial charge on any atom is -0.261 e. The number of nitrogens with zero attached hydrogens (tertiary/aromatic N) is 5. The van der Waals surface area contributed by atoms with Gasteiger partial charge in [-0.2, -0.15) is 4.57 Å². The van der Waals surface area contributed by atoms with E-state index < -0.39 is 0 Å². The third-order valence-corrected chi connectivity index (χ3v) is 4.03. The van der Waals surface area contributed by atoms with Gasteiger partial charge in [-0.15, -0.1) is 4.68 Å². The largest absolute Gasteiger partial charge is 0.332 e. The van der Waals surface area contributed by atoms with Crippen molar-refractivity contribution in [2.24, 2.45) is 7.05 Å². The predicted octanol–water partition coefficient (Wildman–Crippen LogP) is 1.96. The Balaban J connectivity index is 2.08. The Morgan fingerprint density at radius 2 is 2.05 bits per heavy atom. The smallest absolute Gasteiger partial charge is 0.261 e. The van der Waals surface area contributed by atoms with Crippen molar-refractivity contribution in [2.75, 3.05) is 0 Å². The van der Waals surface area contributed by atoms with Crippen LogP contribution < -0.4 is 4.68 Å². The molecule has 2 aromatic rings. The lowest BCUT2D eigenvalue weighted by Gasteiger charge is -2.19. The van der Waals surface area contributed by atoms with Gasteiger partial charge in [-0.3, -0.25) is 4.98 Å². The maximum atomic E-state index is 4.53. The van der Waals surface area contributed by atoms with Gasteiger partial charge >= 0.3 is 5.82 Å². The fraction of sp³-hybridized carbons (Fsp3) is 0.538. The predicted molar refractivity (Wildman–Crippen MR) is 73.8 cm³/mol. The Labute approximate surface area is 118 Å². The maximum absolute atomic E-state index is 4.53. The number of rotatable bonds is 2. The fourth-order valence-corrected chi connectivity index (χ4v) is 3.25. The van der Waals surface area contributed by atoms with E-state index in [1.165, 1.54) is 32.1 Å². The highest BCUT2D eigenvalue weighted by Crippen LogP contribution is 2.32. The SMILES string of the molecule is C[n+]1nc(S)n(C2CCCCC2)c1-c1cnccn1. The van der Waals surface area contributed by atoms with Crippen molar-refractivity contribution in [1.29, 1.82) is 0 Å². The van der Waals surface area contributed by atoms with E-state index in [0.717, 1.165) is 16.7 Å². The molecule has 1 aliphatic rings. The van der Waals surface area contributed by atoms with Crippen LogP contribution in [0.2, 0.25) is 0 Å². The molecular weight excluding hydrogens is 258 g/mol. The van der Waals surface area contributed by atoms with Gasteiger partial charge < -0.3 is 0 Å². The van der Waals surface area contributed by atoms with Crippen molar-refractivity contribution in [1.82, 2.24) is 19.6 Å². The summed E-state index contributed by atoms with van der Waals surface area (Å²) in [6, 6.07) is 0.479. The summed E-state index contributed by atoms with van der Waals surface area (Å²) in [6.07, 6.45) is 11.5. The van der Waals surface area contributed by atoms with Crippen LogP contribution in [0.15, 0.2) is 23.7 Å². The first-order valence-electron chi connectivity index (χ1n) is 6.71. The summed E-state index contributed by atoms with van der Waals surface area (Å²) in [6.45, 7) is 0. The molecule has 100 valence electrons. The molecule has 6 heteroatoms. The second-order valence-electron chi connectivity index (χ2n) is 5.00. The van der Waals surface area contributed by atoms with Crippen molar-refractivity contribution >= 4 is 12.6 Å². The lowest BCUT2D eigenvalue weighted by atomic mass is 9.95. The third kappa shape index (κ3) is 2.36. The Bertz CT molecular complexity index is 560. The van der Waals surface area contributed by atoms with E-state index in [9.17, 15) is 0 Å². The lowest BCUT2D eigenvalue weighted by Crippen LogP contribution is -2.34. The van der Waals surface area contributed by atoms with E-state index in [0.29, 0.717) is 6.04 Å². The van der Waals surface area contributed by atoms with Crippen LogP contribution in [-0.2, 0) is 7.05 Å². The quantitative estimate of drug-likeness (QED) is 0.674. The molecule has 1 saturated carbocycles. The first-order valence-corrected chi connectivity index (χ1v) is 7.16. The second-order valence-corrected chi connectivity index (χ2v) is 5.40. The molecule has 0 saturated heterocycles. The van der Waals surface area contributed by atoms with Crippen molar-refractivity contribution in [3.8, 4) is 11.5 Å². The minimum absolute atomic E-state index is 0.479. The van der Waals surface area contributed by atoms with Gasteiger partial charge in [0.05, 0.1) is 6.20 Å². The minimum atomic E-state index is 0.479. The highest BCUT2D eigenvalue weighted by molar-refractivity contribution is 7.80. The zero-order chi connectivity index (χ0) is 13.2. The molecule has 3 rings (SSSR count). The van der Waals surface area contributed by atoms with Crippen LogP contribution >= 0.6 is 12.6 Å². The summed E-state index contributed by atoms with van der Waals surface area (Å²) in [7, 11) is 1.93. The van der Waals surface area contributed by atoms with Crippen LogP contribution in [0.25, 0.3) is 11.5 Å². The molecule has 0 bridgehead atoms. The Hall–Kier alpha value is -1.43. The summed E-state index contributed by atoms with van der Waals surface area (Å²) in [4.78, 5) is 8.56. The normalized spacial score (nSPS) is 16.7. The van der Waals surface area contributed by atoms with Gasteiger partial charge in [0, 0.05) is 12.4 Å². The summed E-state index contributed by atoms with van der Waals surface area (Å²) < 4.78 is 4.06. The number of hydrogen-bond donors (Lipinski definition) is 1. The van der Waals surface area contributed by atoms with Crippen LogP contribution in [0, 0.1) is 0 Å². The van der Waals surface area contributed by atoms with E-state index in [2.05, 4.69) is 32.3 Å². The maximum Gasteiger partial charge on any atom is 0.332 e. The van der Waals surface area contributed by atoms with Crippen molar-refractivity contribution in [3.63, 3.8) is 0 Å². The topological polar surface area (TPSA) is 47.5 Å². The van der Waals surface area contributed by atoms with E-state index in [1.54, 1.807) is 18.6 Å². The van der Waals surface area contributed by atoms with Gasteiger partial charge in [0.2, 0.25) is 0 Å². The van der Waals surface area contributed by atoms with Gasteiger partial charge in [-0.25, -0.2) is 4.98 Å². The molecule has 0 aromatic carbocycles. The van der Waals surface area contributed by atoms with E-state index in [-0.39, 0.29) is 0 Å². The Kier molecular flexibility index (Phi) is 3.50. The average molecular weight is 276 g/mol. The number of aromatic nitrogens is 5. The van der Waals surface area contributed by atoms with Gasteiger partial charge in [-0.1, -0.05) is 19.0 Å². The molecule has 0 N–H and O–H groups in total. The van der Waals surface area contributed by atoms with Crippen molar-refractivity contribution in [3.05, 3.63) is 18.6 Å². The highest BCUT2D eigenvalue weighted by Gasteiger charge is 2.31. The van der Waals surface area contributed by atoms with Crippen LogP contribution in [0.3, 0.4) is 0 Å².